The molecule has 0 unspecified atom stereocenters. The van der Waals surface area contributed by atoms with Crippen LogP contribution in [0.2, 0.25) is 0 Å². The molecule has 0 saturated heterocycles. The Balaban J connectivity index is 3.61. The molecule has 0 radical (unpaired) electrons. The molecule has 8 heteroatoms. The SMILES string of the molecule is CCCCCCNC(=O)CNC(=O)CNC(=O)CNC(C)=O. The van der Waals surface area contributed by atoms with Crippen molar-refractivity contribution in [2.24, 2.45) is 0 Å². The van der Waals surface area contributed by atoms with Crippen LogP contribution in [0.3, 0.4) is 0 Å². The van der Waals surface area contributed by atoms with Gasteiger partial charge in [0, 0.05) is 13.5 Å². The third-order valence-electron chi connectivity index (χ3n) is 2.74. The standard InChI is InChI=1S/C14H26N4O4/c1-3-4-5-6-7-15-12(20)9-17-14(22)10-18-13(21)8-16-11(2)19/h3-10H2,1-2H3,(H,15,20)(H,16,19)(H,17,22)(H,18,21). The van der Waals surface area contributed by atoms with Gasteiger partial charge in [-0.05, 0) is 6.42 Å². The Morgan fingerprint density at radius 2 is 1.18 bits per heavy atom. The van der Waals surface area contributed by atoms with E-state index in [1.807, 2.05) is 0 Å². The highest BCUT2D eigenvalue weighted by Crippen LogP contribution is 1.96. The lowest BCUT2D eigenvalue weighted by Crippen LogP contribution is -2.44. The van der Waals surface area contributed by atoms with Gasteiger partial charge in [-0.25, -0.2) is 0 Å². The van der Waals surface area contributed by atoms with E-state index < -0.39 is 11.8 Å². The van der Waals surface area contributed by atoms with Crippen LogP contribution < -0.4 is 21.3 Å². The van der Waals surface area contributed by atoms with E-state index in [4.69, 9.17) is 0 Å². The van der Waals surface area contributed by atoms with Crippen LogP contribution in [0.15, 0.2) is 0 Å². The number of hydrogen-bond donors (Lipinski definition) is 4. The van der Waals surface area contributed by atoms with Crippen molar-refractivity contribution in [2.45, 2.75) is 39.5 Å². The van der Waals surface area contributed by atoms with Crippen molar-refractivity contribution in [3.8, 4) is 0 Å². The number of amides is 4. The van der Waals surface area contributed by atoms with Gasteiger partial charge in [0.05, 0.1) is 19.6 Å². The van der Waals surface area contributed by atoms with Crippen LogP contribution in [-0.2, 0) is 19.2 Å². The molecule has 0 aliphatic carbocycles. The van der Waals surface area contributed by atoms with Gasteiger partial charge >= 0.3 is 0 Å². The highest BCUT2D eigenvalue weighted by atomic mass is 16.2. The molecule has 0 atom stereocenters. The molecule has 22 heavy (non-hydrogen) atoms. The third kappa shape index (κ3) is 12.9. The summed E-state index contributed by atoms with van der Waals surface area (Å²) >= 11 is 0. The summed E-state index contributed by atoms with van der Waals surface area (Å²) in [5.74, 6) is -1.51. The molecule has 4 N–H and O–H groups in total. The van der Waals surface area contributed by atoms with Gasteiger partial charge in [0.2, 0.25) is 23.6 Å². The monoisotopic (exact) mass is 314 g/mol. The summed E-state index contributed by atoms with van der Waals surface area (Å²) in [7, 11) is 0. The first-order valence-corrected chi connectivity index (χ1v) is 7.50. The van der Waals surface area contributed by atoms with Crippen LogP contribution in [0.5, 0.6) is 0 Å². The van der Waals surface area contributed by atoms with Crippen molar-refractivity contribution in [3.05, 3.63) is 0 Å². The second kappa shape index (κ2) is 12.6. The quantitative estimate of drug-likeness (QED) is 0.368. The van der Waals surface area contributed by atoms with Crippen LogP contribution in [0, 0.1) is 0 Å². The van der Waals surface area contributed by atoms with Gasteiger partial charge in [-0.1, -0.05) is 26.2 Å². The summed E-state index contributed by atoms with van der Waals surface area (Å²) in [6.45, 7) is 3.48. The minimum atomic E-state index is -0.467. The predicted octanol–water partition coefficient (Wildman–Crippen LogP) is -0.949. The van der Waals surface area contributed by atoms with E-state index in [0.29, 0.717) is 6.54 Å². The molecule has 0 aliphatic rings. The third-order valence-corrected chi connectivity index (χ3v) is 2.74. The first-order chi connectivity index (χ1) is 10.5. The largest absolute Gasteiger partial charge is 0.355 e. The highest BCUT2D eigenvalue weighted by molar-refractivity contribution is 5.89. The zero-order valence-electron chi connectivity index (χ0n) is 13.3. The van der Waals surface area contributed by atoms with E-state index in [9.17, 15) is 19.2 Å². The van der Waals surface area contributed by atoms with Crippen LogP contribution in [0.4, 0.5) is 0 Å². The zero-order chi connectivity index (χ0) is 16.8. The Labute approximate surface area is 130 Å². The van der Waals surface area contributed by atoms with Crippen molar-refractivity contribution in [1.82, 2.24) is 21.3 Å². The maximum atomic E-state index is 11.4. The average molecular weight is 314 g/mol. The van der Waals surface area contributed by atoms with Gasteiger partial charge < -0.3 is 21.3 Å². The Morgan fingerprint density at radius 3 is 1.68 bits per heavy atom. The second-order valence-corrected chi connectivity index (χ2v) is 4.87. The van der Waals surface area contributed by atoms with Crippen LogP contribution in [-0.4, -0.2) is 49.8 Å². The molecule has 0 spiro atoms. The average Bonchev–Trinajstić information content (AvgIpc) is 2.48. The summed E-state index contributed by atoms with van der Waals surface area (Å²) in [5.41, 5.74) is 0. The molecule has 126 valence electrons. The molecule has 0 saturated carbocycles. The molecule has 0 aromatic rings. The van der Waals surface area contributed by atoms with Crippen LogP contribution in [0.25, 0.3) is 0 Å². The summed E-state index contributed by atoms with van der Waals surface area (Å²) in [4.78, 5) is 44.7. The first kappa shape index (κ1) is 19.9. The molecule has 8 nitrogen and oxygen atoms in total. The lowest BCUT2D eigenvalue weighted by molar-refractivity contribution is -0.128. The van der Waals surface area contributed by atoms with E-state index >= 15 is 0 Å². The minimum absolute atomic E-state index is 0.117. The fourth-order valence-electron chi connectivity index (χ4n) is 1.53. The van der Waals surface area contributed by atoms with Crippen molar-refractivity contribution in [3.63, 3.8) is 0 Å². The zero-order valence-corrected chi connectivity index (χ0v) is 13.3. The summed E-state index contributed by atoms with van der Waals surface area (Å²) in [5, 5.41) is 9.75. The molecule has 0 aromatic carbocycles. The van der Waals surface area contributed by atoms with Crippen molar-refractivity contribution in [2.75, 3.05) is 26.2 Å². The molecular weight excluding hydrogens is 288 g/mol. The number of rotatable bonds is 11. The second-order valence-electron chi connectivity index (χ2n) is 4.87. The van der Waals surface area contributed by atoms with E-state index in [0.717, 1.165) is 25.7 Å². The van der Waals surface area contributed by atoms with Gasteiger partial charge in [0.1, 0.15) is 0 Å². The molecule has 0 fully saturated rings. The van der Waals surface area contributed by atoms with Crippen LogP contribution in [0.1, 0.15) is 39.5 Å². The molecule has 0 aromatic heterocycles. The number of hydrogen-bond acceptors (Lipinski definition) is 4. The molecule has 0 rings (SSSR count). The fraction of sp³-hybridized carbons (Fsp3) is 0.714. The molecule has 0 aliphatic heterocycles. The Kier molecular flexibility index (Phi) is 11.4. The summed E-state index contributed by atoms with van der Waals surface area (Å²) < 4.78 is 0. The van der Waals surface area contributed by atoms with E-state index in [-0.39, 0.29) is 31.4 Å². The topological polar surface area (TPSA) is 116 Å². The van der Waals surface area contributed by atoms with E-state index in [1.54, 1.807) is 0 Å². The van der Waals surface area contributed by atoms with Gasteiger partial charge in [0.25, 0.3) is 0 Å². The normalized spacial score (nSPS) is 9.73. The smallest absolute Gasteiger partial charge is 0.239 e. The maximum absolute atomic E-state index is 11.4. The van der Waals surface area contributed by atoms with Crippen molar-refractivity contribution < 1.29 is 19.2 Å². The fourth-order valence-corrected chi connectivity index (χ4v) is 1.53. The minimum Gasteiger partial charge on any atom is -0.355 e. The van der Waals surface area contributed by atoms with Crippen molar-refractivity contribution >= 4 is 23.6 Å². The Morgan fingerprint density at radius 1 is 0.682 bits per heavy atom. The van der Waals surface area contributed by atoms with Crippen molar-refractivity contribution in [1.29, 1.82) is 0 Å². The Hall–Kier alpha value is -2.12. The van der Waals surface area contributed by atoms with E-state index in [1.165, 1.54) is 6.92 Å². The predicted molar refractivity (Wildman–Crippen MR) is 81.9 cm³/mol. The lowest BCUT2D eigenvalue weighted by Gasteiger charge is -2.08. The first-order valence-electron chi connectivity index (χ1n) is 7.50. The number of unbranched alkanes of at least 4 members (excludes halogenated alkanes) is 3. The van der Waals surface area contributed by atoms with Gasteiger partial charge in [-0.3, -0.25) is 19.2 Å². The lowest BCUT2D eigenvalue weighted by atomic mass is 10.2. The molecular formula is C14H26N4O4. The van der Waals surface area contributed by atoms with Crippen LogP contribution >= 0.6 is 0 Å². The molecule has 0 heterocycles. The number of nitrogens with one attached hydrogen (secondary N) is 4. The number of carbonyl (C=O) groups is 4. The van der Waals surface area contributed by atoms with Gasteiger partial charge in [-0.2, -0.15) is 0 Å². The van der Waals surface area contributed by atoms with Gasteiger partial charge in [-0.15, -0.1) is 0 Å². The maximum Gasteiger partial charge on any atom is 0.239 e. The summed E-state index contributed by atoms with van der Waals surface area (Å²) in [6.07, 6.45) is 4.28. The van der Waals surface area contributed by atoms with E-state index in [2.05, 4.69) is 28.2 Å². The molecule has 4 amide bonds. The summed E-state index contributed by atoms with van der Waals surface area (Å²) in [6, 6.07) is 0. The number of carbonyl (C=O) groups excluding carboxylic acids is 4. The Bertz CT molecular complexity index is 385. The highest BCUT2D eigenvalue weighted by Gasteiger charge is 2.07. The molecule has 0 bridgehead atoms. The van der Waals surface area contributed by atoms with Gasteiger partial charge in [0.15, 0.2) is 0 Å².